The molecule has 0 spiro atoms. The highest BCUT2D eigenvalue weighted by atomic mass is 16.5. The number of H-pyrrole nitrogens is 1. The van der Waals surface area contributed by atoms with E-state index < -0.39 is 0 Å². The highest BCUT2D eigenvalue weighted by Gasteiger charge is 2.39. The van der Waals surface area contributed by atoms with Crippen LogP contribution >= 0.6 is 0 Å². The van der Waals surface area contributed by atoms with E-state index in [0.29, 0.717) is 16.9 Å². The number of ether oxygens (including phenoxy) is 1. The molecule has 1 aliphatic heterocycles. The van der Waals surface area contributed by atoms with Crippen molar-refractivity contribution < 1.29 is 9.15 Å². The SMILES string of the molecule is Cc1nc([C@H]2CCC2c2nc3c(cnn3C3CCOCC3)c(=O)[nH]2)oc1C. The molecule has 2 fully saturated rings. The average Bonchev–Trinajstić information content (AvgIpc) is 3.19. The summed E-state index contributed by atoms with van der Waals surface area (Å²) in [7, 11) is 0. The number of oxazole rings is 1. The molecule has 142 valence electrons. The first kappa shape index (κ1) is 16.7. The van der Waals surface area contributed by atoms with Gasteiger partial charge in [0.2, 0.25) is 0 Å². The van der Waals surface area contributed by atoms with Crippen molar-refractivity contribution in [1.82, 2.24) is 24.7 Å². The van der Waals surface area contributed by atoms with Crippen LogP contribution in [0.5, 0.6) is 0 Å². The Morgan fingerprint density at radius 1 is 1.11 bits per heavy atom. The van der Waals surface area contributed by atoms with Gasteiger partial charge in [0, 0.05) is 25.0 Å². The third kappa shape index (κ3) is 2.70. The minimum atomic E-state index is -0.126. The molecule has 0 aromatic carbocycles. The lowest BCUT2D eigenvalue weighted by atomic mass is 9.73. The van der Waals surface area contributed by atoms with Crippen LogP contribution in [0.4, 0.5) is 0 Å². The molecule has 27 heavy (non-hydrogen) atoms. The monoisotopic (exact) mass is 369 g/mol. The van der Waals surface area contributed by atoms with Gasteiger partial charge in [-0.05, 0) is 39.5 Å². The first-order valence-corrected chi connectivity index (χ1v) is 9.61. The minimum Gasteiger partial charge on any atom is -0.445 e. The summed E-state index contributed by atoms with van der Waals surface area (Å²) >= 11 is 0. The van der Waals surface area contributed by atoms with Gasteiger partial charge in [0.1, 0.15) is 17.0 Å². The van der Waals surface area contributed by atoms with Gasteiger partial charge < -0.3 is 14.1 Å². The van der Waals surface area contributed by atoms with Gasteiger partial charge in [0.05, 0.1) is 17.9 Å². The molecule has 1 saturated heterocycles. The van der Waals surface area contributed by atoms with Gasteiger partial charge in [-0.15, -0.1) is 0 Å². The molecule has 3 aromatic heterocycles. The molecular formula is C19H23N5O3. The summed E-state index contributed by atoms with van der Waals surface area (Å²) < 4.78 is 13.2. The Morgan fingerprint density at radius 3 is 2.56 bits per heavy atom. The van der Waals surface area contributed by atoms with Gasteiger partial charge in [-0.3, -0.25) is 4.79 Å². The quantitative estimate of drug-likeness (QED) is 0.762. The second-order valence-corrected chi connectivity index (χ2v) is 7.61. The van der Waals surface area contributed by atoms with Crippen molar-refractivity contribution in [2.24, 2.45) is 0 Å². The second-order valence-electron chi connectivity index (χ2n) is 7.61. The maximum atomic E-state index is 12.6. The molecule has 4 heterocycles. The van der Waals surface area contributed by atoms with Crippen LogP contribution in [0.1, 0.15) is 66.7 Å². The van der Waals surface area contributed by atoms with E-state index in [2.05, 4.69) is 15.1 Å². The molecule has 1 saturated carbocycles. The predicted octanol–water partition coefficient (Wildman–Crippen LogP) is 2.74. The zero-order valence-corrected chi connectivity index (χ0v) is 15.6. The topological polar surface area (TPSA) is 98.8 Å². The molecule has 8 nitrogen and oxygen atoms in total. The number of nitrogens with one attached hydrogen (secondary N) is 1. The Labute approximate surface area is 156 Å². The van der Waals surface area contributed by atoms with Gasteiger partial charge >= 0.3 is 0 Å². The number of aryl methyl sites for hydroxylation is 2. The molecule has 0 bridgehead atoms. The lowest BCUT2D eigenvalue weighted by molar-refractivity contribution is 0.0673. The molecule has 1 N–H and O–H groups in total. The van der Waals surface area contributed by atoms with Crippen molar-refractivity contribution in [3.63, 3.8) is 0 Å². The Kier molecular flexibility index (Phi) is 3.89. The number of hydrogen-bond donors (Lipinski definition) is 1. The Morgan fingerprint density at radius 2 is 1.89 bits per heavy atom. The number of fused-ring (bicyclic) bond motifs is 1. The van der Waals surface area contributed by atoms with Crippen LogP contribution in [0.25, 0.3) is 11.0 Å². The van der Waals surface area contributed by atoms with Crippen LogP contribution in [0, 0.1) is 13.8 Å². The van der Waals surface area contributed by atoms with Gasteiger partial charge in [-0.2, -0.15) is 5.10 Å². The van der Waals surface area contributed by atoms with Gasteiger partial charge in [-0.25, -0.2) is 14.6 Å². The third-order valence-electron chi connectivity index (χ3n) is 6.01. The summed E-state index contributed by atoms with van der Waals surface area (Å²) in [6.07, 6.45) is 5.36. The van der Waals surface area contributed by atoms with Crippen molar-refractivity contribution in [2.75, 3.05) is 13.2 Å². The van der Waals surface area contributed by atoms with E-state index in [4.69, 9.17) is 14.1 Å². The highest BCUT2D eigenvalue weighted by molar-refractivity contribution is 5.73. The fourth-order valence-corrected chi connectivity index (χ4v) is 4.10. The summed E-state index contributed by atoms with van der Waals surface area (Å²) in [5.74, 6) is 2.60. The first-order valence-electron chi connectivity index (χ1n) is 9.61. The van der Waals surface area contributed by atoms with Crippen LogP contribution < -0.4 is 5.56 Å². The van der Waals surface area contributed by atoms with Crippen molar-refractivity contribution in [3.8, 4) is 0 Å². The summed E-state index contributed by atoms with van der Waals surface area (Å²) in [6, 6.07) is 0.229. The van der Waals surface area contributed by atoms with Crippen LogP contribution in [0.2, 0.25) is 0 Å². The molecule has 1 aliphatic carbocycles. The number of hydrogen-bond acceptors (Lipinski definition) is 6. The maximum Gasteiger partial charge on any atom is 0.262 e. The van der Waals surface area contributed by atoms with Crippen molar-refractivity contribution >= 4 is 11.0 Å². The molecule has 0 amide bonds. The molecule has 0 radical (unpaired) electrons. The lowest BCUT2D eigenvalue weighted by Gasteiger charge is -2.33. The average molecular weight is 369 g/mol. The molecule has 2 aliphatic rings. The standard InChI is InChI=1S/C19H23N5O3/c1-10-11(2)27-19(21-10)14-4-3-13(14)16-22-17-15(18(25)23-16)9-20-24(17)12-5-7-26-8-6-12/h9,12-14H,3-8H2,1-2H3,(H,22,23,25)/t13?,14-/m0/s1. The lowest BCUT2D eigenvalue weighted by Crippen LogP contribution is -2.27. The van der Waals surface area contributed by atoms with Crippen LogP contribution in [-0.2, 0) is 4.74 Å². The molecular weight excluding hydrogens is 346 g/mol. The van der Waals surface area contributed by atoms with Crippen molar-refractivity contribution in [3.05, 3.63) is 39.7 Å². The number of rotatable bonds is 3. The van der Waals surface area contributed by atoms with E-state index in [1.807, 2.05) is 18.5 Å². The number of aromatic amines is 1. The van der Waals surface area contributed by atoms with E-state index in [-0.39, 0.29) is 23.4 Å². The fourth-order valence-electron chi connectivity index (χ4n) is 4.10. The van der Waals surface area contributed by atoms with Crippen molar-refractivity contribution in [1.29, 1.82) is 0 Å². The van der Waals surface area contributed by atoms with E-state index >= 15 is 0 Å². The van der Waals surface area contributed by atoms with Crippen LogP contribution in [-0.4, -0.2) is 37.9 Å². The van der Waals surface area contributed by atoms with Gasteiger partial charge in [-0.1, -0.05) is 0 Å². The van der Waals surface area contributed by atoms with Crippen LogP contribution in [0.3, 0.4) is 0 Å². The van der Waals surface area contributed by atoms with Gasteiger partial charge in [0.25, 0.3) is 5.56 Å². The predicted molar refractivity (Wildman–Crippen MR) is 97.9 cm³/mol. The molecule has 8 heteroatoms. The summed E-state index contributed by atoms with van der Waals surface area (Å²) in [5.41, 5.74) is 1.47. The normalized spacial score (nSPS) is 23.6. The van der Waals surface area contributed by atoms with Crippen LogP contribution in [0.15, 0.2) is 15.4 Å². The molecule has 5 rings (SSSR count). The smallest absolute Gasteiger partial charge is 0.262 e. The van der Waals surface area contributed by atoms with E-state index in [1.165, 1.54) is 0 Å². The zero-order valence-electron chi connectivity index (χ0n) is 15.6. The Hall–Kier alpha value is -2.48. The summed E-state index contributed by atoms with van der Waals surface area (Å²) in [5, 5.41) is 5.01. The maximum absolute atomic E-state index is 12.6. The minimum absolute atomic E-state index is 0.123. The third-order valence-corrected chi connectivity index (χ3v) is 6.01. The fraction of sp³-hybridized carbons (Fsp3) is 0.579. The Bertz CT molecular complexity index is 1020. The zero-order chi connectivity index (χ0) is 18.5. The number of aromatic nitrogens is 5. The first-order chi connectivity index (χ1) is 13.1. The highest BCUT2D eigenvalue weighted by Crippen LogP contribution is 2.47. The van der Waals surface area contributed by atoms with E-state index in [0.717, 1.165) is 56.2 Å². The second kappa shape index (κ2) is 6.30. The molecule has 1 unspecified atom stereocenters. The van der Waals surface area contributed by atoms with E-state index in [1.54, 1.807) is 6.20 Å². The molecule has 3 aromatic rings. The number of nitrogens with zero attached hydrogens (tertiary/aromatic N) is 4. The largest absolute Gasteiger partial charge is 0.445 e. The van der Waals surface area contributed by atoms with Gasteiger partial charge in [0.15, 0.2) is 11.5 Å². The summed E-state index contributed by atoms with van der Waals surface area (Å²) in [6.45, 7) is 5.32. The van der Waals surface area contributed by atoms with Crippen molar-refractivity contribution in [2.45, 2.75) is 57.4 Å². The summed E-state index contributed by atoms with van der Waals surface area (Å²) in [4.78, 5) is 25.0. The Balaban J connectivity index is 1.52. The van der Waals surface area contributed by atoms with E-state index in [9.17, 15) is 4.79 Å². The molecule has 2 atom stereocenters.